The van der Waals surface area contributed by atoms with E-state index in [1.54, 1.807) is 16.7 Å². The summed E-state index contributed by atoms with van der Waals surface area (Å²) in [4.78, 5) is 40.5. The van der Waals surface area contributed by atoms with Crippen LogP contribution in [0.2, 0.25) is 0 Å². The molecular weight excluding hydrogens is 376 g/mol. The lowest BCUT2D eigenvalue weighted by atomic mass is 10.0. The maximum atomic E-state index is 13.1. The standard InChI is InChI=1S/C20H28N4O3S/c1-13(2)7-6-8-14(3)24-19(27)15-9-4-5-10-16(15)23-20(24)28-12-18(26)22-11-17(21)25/h4-5,9-10,13-14H,6-8,11-12H2,1-3H3,(H2,21,25)(H,22,26)/t14-/m1/s1. The maximum Gasteiger partial charge on any atom is 0.262 e. The Bertz CT molecular complexity index is 895. The first-order valence-electron chi connectivity index (χ1n) is 9.48. The Labute approximate surface area is 169 Å². The molecule has 0 spiro atoms. The van der Waals surface area contributed by atoms with Crippen molar-refractivity contribution in [1.29, 1.82) is 0 Å². The van der Waals surface area contributed by atoms with E-state index in [-0.39, 0.29) is 29.8 Å². The van der Waals surface area contributed by atoms with Crippen LogP contribution in [0.15, 0.2) is 34.2 Å². The lowest BCUT2D eigenvalue weighted by Crippen LogP contribution is -2.34. The van der Waals surface area contributed by atoms with E-state index >= 15 is 0 Å². The Morgan fingerprint density at radius 1 is 1.21 bits per heavy atom. The maximum absolute atomic E-state index is 13.1. The minimum atomic E-state index is -0.599. The Kier molecular flexibility index (Phi) is 8.04. The monoisotopic (exact) mass is 404 g/mol. The van der Waals surface area contributed by atoms with Crippen molar-refractivity contribution in [3.05, 3.63) is 34.6 Å². The summed E-state index contributed by atoms with van der Waals surface area (Å²) in [5, 5.41) is 3.53. The first-order valence-corrected chi connectivity index (χ1v) is 10.5. The lowest BCUT2D eigenvalue weighted by molar-refractivity contribution is -0.123. The normalized spacial score (nSPS) is 12.3. The number of para-hydroxylation sites is 1. The van der Waals surface area contributed by atoms with Gasteiger partial charge < -0.3 is 11.1 Å². The van der Waals surface area contributed by atoms with Crippen molar-refractivity contribution in [3.8, 4) is 0 Å². The van der Waals surface area contributed by atoms with Crippen LogP contribution in [0.5, 0.6) is 0 Å². The Morgan fingerprint density at radius 3 is 2.61 bits per heavy atom. The van der Waals surface area contributed by atoms with Gasteiger partial charge in [0.1, 0.15) is 0 Å². The molecule has 0 fully saturated rings. The average Bonchev–Trinajstić information content (AvgIpc) is 2.64. The summed E-state index contributed by atoms with van der Waals surface area (Å²) >= 11 is 1.19. The summed E-state index contributed by atoms with van der Waals surface area (Å²) in [6.45, 7) is 6.17. The molecule has 0 unspecified atom stereocenters. The van der Waals surface area contributed by atoms with Gasteiger partial charge in [-0.25, -0.2) is 4.98 Å². The third kappa shape index (κ3) is 6.09. The quantitative estimate of drug-likeness (QED) is 0.467. The Hall–Kier alpha value is -2.35. The van der Waals surface area contributed by atoms with Gasteiger partial charge in [-0.05, 0) is 31.4 Å². The number of hydrogen-bond acceptors (Lipinski definition) is 5. The Balaban J connectivity index is 2.27. The second-order valence-corrected chi connectivity index (χ2v) is 8.23. The van der Waals surface area contributed by atoms with Gasteiger partial charge >= 0.3 is 0 Å². The summed E-state index contributed by atoms with van der Waals surface area (Å²) in [6, 6.07) is 7.19. The van der Waals surface area contributed by atoms with Crippen LogP contribution < -0.4 is 16.6 Å². The number of hydrogen-bond donors (Lipinski definition) is 2. The molecule has 2 rings (SSSR count). The van der Waals surface area contributed by atoms with Gasteiger partial charge in [0, 0.05) is 6.04 Å². The molecule has 0 saturated carbocycles. The van der Waals surface area contributed by atoms with Gasteiger partial charge in [-0.3, -0.25) is 19.0 Å². The van der Waals surface area contributed by atoms with Crippen LogP contribution >= 0.6 is 11.8 Å². The highest BCUT2D eigenvalue weighted by Crippen LogP contribution is 2.24. The number of rotatable bonds is 10. The number of aromatic nitrogens is 2. The topological polar surface area (TPSA) is 107 Å². The number of benzene rings is 1. The number of nitrogens with two attached hydrogens (primary N) is 1. The van der Waals surface area contributed by atoms with Gasteiger partial charge in [-0.15, -0.1) is 0 Å². The number of fused-ring (bicyclic) bond motifs is 1. The molecule has 1 heterocycles. The van der Waals surface area contributed by atoms with Crippen LogP contribution in [-0.4, -0.2) is 33.7 Å². The highest BCUT2D eigenvalue weighted by molar-refractivity contribution is 7.99. The molecule has 1 aromatic heterocycles. The fourth-order valence-corrected chi connectivity index (χ4v) is 3.86. The smallest absolute Gasteiger partial charge is 0.262 e. The first kappa shape index (κ1) is 21.9. The largest absolute Gasteiger partial charge is 0.368 e. The molecule has 8 heteroatoms. The molecule has 0 aliphatic heterocycles. The van der Waals surface area contributed by atoms with E-state index in [1.807, 2.05) is 19.1 Å². The minimum absolute atomic E-state index is 0.0282. The van der Waals surface area contributed by atoms with Gasteiger partial charge in [-0.1, -0.05) is 50.6 Å². The minimum Gasteiger partial charge on any atom is -0.368 e. The predicted molar refractivity (Wildman–Crippen MR) is 112 cm³/mol. The van der Waals surface area contributed by atoms with Crippen molar-refractivity contribution in [3.63, 3.8) is 0 Å². The summed E-state index contributed by atoms with van der Waals surface area (Å²) in [5.41, 5.74) is 5.56. The van der Waals surface area contributed by atoms with E-state index in [9.17, 15) is 14.4 Å². The van der Waals surface area contributed by atoms with Crippen LogP contribution in [-0.2, 0) is 9.59 Å². The van der Waals surface area contributed by atoms with Gasteiger partial charge in [0.25, 0.3) is 5.56 Å². The lowest BCUT2D eigenvalue weighted by Gasteiger charge is -2.20. The van der Waals surface area contributed by atoms with Crippen molar-refractivity contribution >= 4 is 34.5 Å². The third-order valence-corrected chi connectivity index (χ3v) is 5.36. The second kappa shape index (κ2) is 10.3. The van der Waals surface area contributed by atoms with Crippen LogP contribution in [0.4, 0.5) is 0 Å². The molecule has 2 amide bonds. The SMILES string of the molecule is CC(C)CCC[C@@H](C)n1c(SCC(=O)NCC(N)=O)nc2ccccc2c1=O. The van der Waals surface area contributed by atoms with Gasteiger partial charge in [0.05, 0.1) is 23.2 Å². The van der Waals surface area contributed by atoms with E-state index in [0.29, 0.717) is 22.0 Å². The van der Waals surface area contributed by atoms with E-state index in [1.165, 1.54) is 11.8 Å². The number of nitrogens with one attached hydrogen (secondary N) is 1. The molecule has 28 heavy (non-hydrogen) atoms. The number of thioether (sulfide) groups is 1. The zero-order chi connectivity index (χ0) is 20.7. The van der Waals surface area contributed by atoms with Crippen LogP contribution in [0.1, 0.15) is 46.1 Å². The summed E-state index contributed by atoms with van der Waals surface area (Å²) in [5.74, 6) is -0.263. The molecule has 0 radical (unpaired) electrons. The molecule has 0 bridgehead atoms. The second-order valence-electron chi connectivity index (χ2n) is 7.29. The third-order valence-electron chi connectivity index (χ3n) is 4.41. The van der Waals surface area contributed by atoms with Crippen molar-refractivity contribution in [2.24, 2.45) is 11.7 Å². The number of nitrogens with zero attached hydrogens (tertiary/aromatic N) is 2. The molecule has 152 valence electrons. The van der Waals surface area contributed by atoms with Crippen molar-refractivity contribution < 1.29 is 9.59 Å². The highest BCUT2D eigenvalue weighted by atomic mass is 32.2. The van der Waals surface area contributed by atoms with Gasteiger partial charge in [0.2, 0.25) is 11.8 Å². The van der Waals surface area contributed by atoms with Crippen molar-refractivity contribution in [2.75, 3.05) is 12.3 Å². The van der Waals surface area contributed by atoms with Crippen LogP contribution in [0.25, 0.3) is 10.9 Å². The van der Waals surface area contributed by atoms with Crippen molar-refractivity contribution in [2.45, 2.75) is 51.2 Å². The number of carbonyl (C=O) groups excluding carboxylic acids is 2. The molecule has 0 aliphatic rings. The summed E-state index contributed by atoms with van der Waals surface area (Å²) in [7, 11) is 0. The first-order chi connectivity index (χ1) is 13.3. The van der Waals surface area contributed by atoms with E-state index in [2.05, 4.69) is 24.1 Å². The molecule has 1 atom stereocenters. The summed E-state index contributed by atoms with van der Waals surface area (Å²) < 4.78 is 1.69. The van der Waals surface area contributed by atoms with Gasteiger partial charge in [-0.2, -0.15) is 0 Å². The summed E-state index contributed by atoms with van der Waals surface area (Å²) in [6.07, 6.45) is 2.97. The predicted octanol–water partition coefficient (Wildman–Crippen LogP) is 2.48. The molecule has 2 aromatic rings. The zero-order valence-electron chi connectivity index (χ0n) is 16.6. The highest BCUT2D eigenvalue weighted by Gasteiger charge is 2.17. The zero-order valence-corrected chi connectivity index (χ0v) is 17.4. The van der Waals surface area contributed by atoms with Crippen LogP contribution in [0.3, 0.4) is 0 Å². The molecular formula is C20H28N4O3S. The van der Waals surface area contributed by atoms with E-state index < -0.39 is 5.91 Å². The fourth-order valence-electron chi connectivity index (χ4n) is 2.93. The van der Waals surface area contributed by atoms with E-state index in [4.69, 9.17) is 5.73 Å². The molecule has 7 nitrogen and oxygen atoms in total. The number of amides is 2. The molecule has 0 aliphatic carbocycles. The molecule has 3 N–H and O–H groups in total. The van der Waals surface area contributed by atoms with Gasteiger partial charge in [0.15, 0.2) is 5.16 Å². The molecule has 0 saturated heterocycles. The molecule has 1 aromatic carbocycles. The number of carbonyl (C=O) groups is 2. The van der Waals surface area contributed by atoms with Crippen molar-refractivity contribution in [1.82, 2.24) is 14.9 Å². The van der Waals surface area contributed by atoms with E-state index in [0.717, 1.165) is 19.3 Å². The Morgan fingerprint density at radius 2 is 1.93 bits per heavy atom. The average molecular weight is 405 g/mol. The fraction of sp³-hybridized carbons (Fsp3) is 0.500. The number of primary amides is 1. The van der Waals surface area contributed by atoms with Crippen LogP contribution in [0, 0.1) is 5.92 Å².